The minimum absolute atomic E-state index is 0.170. The molecule has 122 valence electrons. The van der Waals surface area contributed by atoms with E-state index in [1.54, 1.807) is 13.1 Å². The molecule has 0 atom stereocenters. The number of carbonyl (C=O) groups excluding carboxylic acids is 1. The van der Waals surface area contributed by atoms with Crippen LogP contribution in [0.1, 0.15) is 25.1 Å². The van der Waals surface area contributed by atoms with E-state index >= 15 is 0 Å². The number of anilines is 1. The largest absolute Gasteiger partial charge is 0.493 e. The number of hydrogen-bond donors (Lipinski definition) is 1. The van der Waals surface area contributed by atoms with Gasteiger partial charge in [-0.15, -0.1) is 11.3 Å². The number of para-hydroxylation sites is 1. The molecule has 0 unspecified atom stereocenters. The number of nitrogens with zero attached hydrogens (tertiary/aromatic N) is 2. The number of thiazole rings is 1. The van der Waals surface area contributed by atoms with E-state index in [0.717, 1.165) is 11.3 Å². The lowest BCUT2D eigenvalue weighted by atomic mass is 10.2. The number of hydrogen-bond acceptors (Lipinski definition) is 7. The summed E-state index contributed by atoms with van der Waals surface area (Å²) in [6.07, 6.45) is 1.85. The van der Waals surface area contributed by atoms with Crippen molar-refractivity contribution in [2.45, 2.75) is 20.3 Å². The van der Waals surface area contributed by atoms with Crippen LogP contribution in [0.3, 0.4) is 0 Å². The molecule has 0 aliphatic carbocycles. The van der Waals surface area contributed by atoms with E-state index < -0.39 is 0 Å². The highest BCUT2D eigenvalue weighted by atomic mass is 32.1. The smallest absolute Gasteiger partial charge is 0.311 e. The van der Waals surface area contributed by atoms with Gasteiger partial charge >= 0.3 is 5.97 Å². The predicted molar refractivity (Wildman–Crippen MR) is 91.3 cm³/mol. The molecule has 0 aliphatic heterocycles. The Hall–Kier alpha value is -2.41. The summed E-state index contributed by atoms with van der Waals surface area (Å²) in [5.74, 6) is 0.501. The zero-order chi connectivity index (χ0) is 16.5. The average molecular weight is 333 g/mol. The molecule has 0 saturated carbocycles. The van der Waals surface area contributed by atoms with Crippen molar-refractivity contribution < 1.29 is 14.3 Å². The van der Waals surface area contributed by atoms with Crippen molar-refractivity contribution in [3.63, 3.8) is 0 Å². The topological polar surface area (TPSA) is 72.8 Å². The molecule has 0 fully saturated rings. The second-order valence-corrected chi connectivity index (χ2v) is 5.32. The molecule has 2 rings (SSSR count). The third kappa shape index (κ3) is 5.37. The summed E-state index contributed by atoms with van der Waals surface area (Å²) < 4.78 is 10.4. The summed E-state index contributed by atoms with van der Waals surface area (Å²) in [7, 11) is 0. The zero-order valence-electron chi connectivity index (χ0n) is 13.1. The molecule has 0 saturated heterocycles. The molecule has 0 bridgehead atoms. The van der Waals surface area contributed by atoms with E-state index in [1.807, 2.05) is 36.6 Å². The summed E-state index contributed by atoms with van der Waals surface area (Å²) in [5.41, 5.74) is 4.40. The van der Waals surface area contributed by atoms with Crippen LogP contribution in [0.2, 0.25) is 0 Å². The maximum Gasteiger partial charge on any atom is 0.311 e. The quantitative estimate of drug-likeness (QED) is 0.456. The predicted octanol–water partition coefficient (Wildman–Crippen LogP) is 3.09. The molecule has 0 spiro atoms. The van der Waals surface area contributed by atoms with Crippen molar-refractivity contribution >= 4 is 28.7 Å². The van der Waals surface area contributed by atoms with Crippen LogP contribution in [-0.2, 0) is 16.0 Å². The molecule has 2 aromatic rings. The Morgan fingerprint density at radius 2 is 2.17 bits per heavy atom. The van der Waals surface area contributed by atoms with Gasteiger partial charge in [-0.1, -0.05) is 12.1 Å². The van der Waals surface area contributed by atoms with Gasteiger partial charge in [0.2, 0.25) is 5.13 Å². The number of ether oxygens (including phenoxy) is 2. The number of esters is 1. The van der Waals surface area contributed by atoms with E-state index in [0.29, 0.717) is 24.0 Å². The number of aromatic nitrogens is 1. The second kappa shape index (κ2) is 8.89. The van der Waals surface area contributed by atoms with E-state index in [4.69, 9.17) is 9.47 Å². The van der Waals surface area contributed by atoms with Crippen molar-refractivity contribution in [3.8, 4) is 5.75 Å². The first kappa shape index (κ1) is 17.0. The van der Waals surface area contributed by atoms with Gasteiger partial charge in [0.15, 0.2) is 0 Å². The molecule has 0 aliphatic rings. The number of carbonyl (C=O) groups is 1. The summed E-state index contributed by atoms with van der Waals surface area (Å²) in [4.78, 5) is 15.7. The molecule has 1 aromatic heterocycles. The number of nitrogens with one attached hydrogen (secondary N) is 1. The highest BCUT2D eigenvalue weighted by Gasteiger charge is 2.08. The maximum absolute atomic E-state index is 11.4. The Bertz CT molecular complexity index is 670. The highest BCUT2D eigenvalue weighted by molar-refractivity contribution is 7.13. The molecule has 0 radical (unpaired) electrons. The van der Waals surface area contributed by atoms with Crippen molar-refractivity contribution in [1.82, 2.24) is 4.98 Å². The Labute approximate surface area is 139 Å². The van der Waals surface area contributed by atoms with E-state index in [1.165, 1.54) is 11.3 Å². The number of benzene rings is 1. The monoisotopic (exact) mass is 333 g/mol. The fourth-order valence-electron chi connectivity index (χ4n) is 1.83. The van der Waals surface area contributed by atoms with Crippen molar-refractivity contribution in [2.75, 3.05) is 18.6 Å². The first-order valence-electron chi connectivity index (χ1n) is 7.33. The molecule has 1 heterocycles. The average Bonchev–Trinajstić information content (AvgIpc) is 2.97. The van der Waals surface area contributed by atoms with Crippen LogP contribution in [0.5, 0.6) is 5.75 Å². The van der Waals surface area contributed by atoms with Crippen LogP contribution >= 0.6 is 11.3 Å². The minimum Gasteiger partial charge on any atom is -0.493 e. The molecule has 7 heteroatoms. The third-order valence-electron chi connectivity index (χ3n) is 2.77. The zero-order valence-corrected chi connectivity index (χ0v) is 13.9. The maximum atomic E-state index is 11.4. The number of rotatable bonds is 8. The van der Waals surface area contributed by atoms with Gasteiger partial charge in [0, 0.05) is 10.9 Å². The van der Waals surface area contributed by atoms with Crippen molar-refractivity contribution in [1.29, 1.82) is 0 Å². The van der Waals surface area contributed by atoms with Gasteiger partial charge in [0.25, 0.3) is 0 Å². The normalized spacial score (nSPS) is 10.7. The lowest BCUT2D eigenvalue weighted by molar-refractivity contribution is -0.142. The van der Waals surface area contributed by atoms with Crippen LogP contribution in [0, 0.1) is 0 Å². The molecular weight excluding hydrogens is 314 g/mol. The summed E-state index contributed by atoms with van der Waals surface area (Å²) in [6.45, 7) is 4.69. The van der Waals surface area contributed by atoms with E-state index in [9.17, 15) is 4.79 Å². The summed E-state index contributed by atoms with van der Waals surface area (Å²) >= 11 is 1.38. The molecule has 0 amide bonds. The Balaban J connectivity index is 1.93. The molecular formula is C16H19N3O3S. The number of hydrazone groups is 1. The second-order valence-electron chi connectivity index (χ2n) is 4.47. The SMILES string of the molecule is CCOC(=O)Cc1csc(NN=Cc2ccccc2OCC)n1. The first-order chi connectivity index (χ1) is 11.2. The standard InChI is InChI=1S/C16H19N3O3S/c1-3-21-14-8-6-5-7-12(14)10-17-19-16-18-13(11-23-16)9-15(20)22-4-2/h5-8,10-11H,3-4,9H2,1-2H3,(H,18,19). The summed E-state index contributed by atoms with van der Waals surface area (Å²) in [6, 6.07) is 7.65. The van der Waals surface area contributed by atoms with Gasteiger partial charge in [-0.05, 0) is 26.0 Å². The van der Waals surface area contributed by atoms with Gasteiger partial charge in [-0.3, -0.25) is 10.2 Å². The summed E-state index contributed by atoms with van der Waals surface area (Å²) in [5, 5.41) is 6.59. The van der Waals surface area contributed by atoms with Crippen molar-refractivity contribution in [3.05, 3.63) is 40.9 Å². The van der Waals surface area contributed by atoms with Gasteiger partial charge in [-0.2, -0.15) is 5.10 Å². The fourth-order valence-corrected chi connectivity index (χ4v) is 2.49. The van der Waals surface area contributed by atoms with Crippen LogP contribution in [0.4, 0.5) is 5.13 Å². The van der Waals surface area contributed by atoms with Gasteiger partial charge < -0.3 is 9.47 Å². The van der Waals surface area contributed by atoms with E-state index in [-0.39, 0.29) is 12.4 Å². The third-order valence-corrected chi connectivity index (χ3v) is 3.56. The lowest BCUT2D eigenvalue weighted by Gasteiger charge is -2.05. The van der Waals surface area contributed by atoms with Gasteiger partial charge in [0.1, 0.15) is 5.75 Å². The molecule has 6 nitrogen and oxygen atoms in total. The minimum atomic E-state index is -0.279. The Morgan fingerprint density at radius 3 is 2.96 bits per heavy atom. The van der Waals surface area contributed by atoms with Gasteiger partial charge in [-0.25, -0.2) is 4.98 Å². The Morgan fingerprint density at radius 1 is 1.35 bits per heavy atom. The fraction of sp³-hybridized carbons (Fsp3) is 0.312. The van der Waals surface area contributed by atoms with Crippen LogP contribution in [0.15, 0.2) is 34.7 Å². The molecule has 1 N–H and O–H groups in total. The van der Waals surface area contributed by atoms with Crippen LogP contribution in [-0.4, -0.2) is 30.4 Å². The van der Waals surface area contributed by atoms with Crippen molar-refractivity contribution in [2.24, 2.45) is 5.10 Å². The molecule has 23 heavy (non-hydrogen) atoms. The first-order valence-corrected chi connectivity index (χ1v) is 8.21. The van der Waals surface area contributed by atoms with E-state index in [2.05, 4.69) is 15.5 Å². The van der Waals surface area contributed by atoms with Crippen LogP contribution < -0.4 is 10.2 Å². The molecule has 1 aromatic carbocycles. The Kier molecular flexibility index (Phi) is 6.56. The van der Waals surface area contributed by atoms with Crippen LogP contribution in [0.25, 0.3) is 0 Å². The highest BCUT2D eigenvalue weighted by Crippen LogP contribution is 2.18. The van der Waals surface area contributed by atoms with Gasteiger partial charge in [0.05, 0.1) is 31.5 Å². The lowest BCUT2D eigenvalue weighted by Crippen LogP contribution is -2.07.